The first-order chi connectivity index (χ1) is 13.9. The van der Waals surface area contributed by atoms with Gasteiger partial charge in [-0.25, -0.2) is 0 Å². The average Bonchev–Trinajstić information content (AvgIpc) is 2.99. The highest BCUT2D eigenvalue weighted by atomic mass is 79.9. The quantitative estimate of drug-likeness (QED) is 0.517. The number of nitrogens with zero attached hydrogens (tertiary/aromatic N) is 2. The second-order valence-corrected chi connectivity index (χ2v) is 9.79. The molecule has 4 rings (SSSR count). The van der Waals surface area contributed by atoms with E-state index in [0.29, 0.717) is 6.61 Å². The molecule has 0 unspecified atom stereocenters. The van der Waals surface area contributed by atoms with Crippen molar-refractivity contribution in [2.24, 2.45) is 0 Å². The second-order valence-electron chi connectivity index (χ2n) is 8.44. The van der Waals surface area contributed by atoms with E-state index in [-0.39, 0.29) is 5.60 Å². The van der Waals surface area contributed by atoms with Gasteiger partial charge in [0.05, 0.1) is 6.61 Å². The van der Waals surface area contributed by atoms with Crippen molar-refractivity contribution in [3.05, 3.63) is 51.5 Å². The molecule has 0 aromatic heterocycles. The van der Waals surface area contributed by atoms with Gasteiger partial charge in [-0.1, -0.05) is 33.6 Å². The molecule has 2 aromatic carbocycles. The number of hydrogen-bond donors (Lipinski definition) is 0. The van der Waals surface area contributed by atoms with Crippen LogP contribution in [-0.4, -0.2) is 49.8 Å². The van der Waals surface area contributed by atoms with E-state index in [1.807, 2.05) is 24.3 Å². The molecular formula is C23H28BrClN2O2. The van der Waals surface area contributed by atoms with Crippen molar-refractivity contribution in [1.82, 2.24) is 4.90 Å². The van der Waals surface area contributed by atoms with Crippen molar-refractivity contribution in [3.8, 4) is 11.5 Å². The molecule has 0 bridgehead atoms. The summed E-state index contributed by atoms with van der Waals surface area (Å²) in [7, 11) is 0. The minimum Gasteiger partial charge on any atom is -0.490 e. The lowest BCUT2D eigenvalue weighted by molar-refractivity contribution is 0.131. The van der Waals surface area contributed by atoms with E-state index in [4.69, 9.17) is 21.1 Å². The molecule has 0 spiro atoms. The van der Waals surface area contributed by atoms with Crippen LogP contribution in [0, 0.1) is 0 Å². The lowest BCUT2D eigenvalue weighted by atomic mass is 10.0. The van der Waals surface area contributed by atoms with Crippen molar-refractivity contribution in [3.63, 3.8) is 0 Å². The molecule has 0 radical (unpaired) electrons. The van der Waals surface area contributed by atoms with E-state index in [1.54, 1.807) is 0 Å². The number of halogens is 2. The number of hydrogen-bond acceptors (Lipinski definition) is 4. The molecule has 2 aromatic rings. The molecule has 0 amide bonds. The van der Waals surface area contributed by atoms with Gasteiger partial charge in [-0.05, 0) is 50.6 Å². The second kappa shape index (κ2) is 8.75. The number of rotatable bonds is 6. The molecule has 0 saturated carbocycles. The van der Waals surface area contributed by atoms with E-state index in [0.717, 1.165) is 66.6 Å². The Hall–Kier alpha value is -1.43. The van der Waals surface area contributed by atoms with Gasteiger partial charge in [-0.3, -0.25) is 4.90 Å². The number of fused-ring (bicyclic) bond motifs is 1. The maximum atomic E-state index is 6.13. The zero-order chi connectivity index (χ0) is 20.4. The van der Waals surface area contributed by atoms with E-state index in [2.05, 4.69) is 51.7 Å². The van der Waals surface area contributed by atoms with Crippen LogP contribution in [0.4, 0.5) is 5.69 Å². The van der Waals surface area contributed by atoms with E-state index in [9.17, 15) is 0 Å². The molecule has 2 heterocycles. The van der Waals surface area contributed by atoms with Crippen LogP contribution in [0.2, 0.25) is 5.02 Å². The van der Waals surface area contributed by atoms with Crippen LogP contribution in [0.5, 0.6) is 11.5 Å². The van der Waals surface area contributed by atoms with Crippen LogP contribution >= 0.6 is 27.5 Å². The molecule has 0 atom stereocenters. The molecule has 29 heavy (non-hydrogen) atoms. The Morgan fingerprint density at radius 1 is 1.14 bits per heavy atom. The third-order valence-electron chi connectivity index (χ3n) is 5.51. The third-order valence-corrected chi connectivity index (χ3v) is 6.21. The smallest absolute Gasteiger partial charge is 0.165 e. The zero-order valence-corrected chi connectivity index (χ0v) is 19.4. The topological polar surface area (TPSA) is 24.9 Å². The molecule has 0 N–H and O–H groups in total. The van der Waals surface area contributed by atoms with Crippen molar-refractivity contribution < 1.29 is 9.47 Å². The van der Waals surface area contributed by atoms with Crippen LogP contribution in [0.3, 0.4) is 0 Å². The van der Waals surface area contributed by atoms with Crippen LogP contribution in [0.1, 0.15) is 25.8 Å². The Balaban J connectivity index is 1.23. The average molecular weight is 480 g/mol. The molecule has 0 aliphatic carbocycles. The monoisotopic (exact) mass is 478 g/mol. The van der Waals surface area contributed by atoms with Crippen molar-refractivity contribution in [2.75, 3.05) is 44.2 Å². The zero-order valence-electron chi connectivity index (χ0n) is 17.1. The highest BCUT2D eigenvalue weighted by molar-refractivity contribution is 9.10. The van der Waals surface area contributed by atoms with Crippen molar-refractivity contribution in [2.45, 2.75) is 32.3 Å². The van der Waals surface area contributed by atoms with Gasteiger partial charge < -0.3 is 14.4 Å². The summed E-state index contributed by atoms with van der Waals surface area (Å²) in [5, 5.41) is 0.800. The molecule has 4 nitrogen and oxygen atoms in total. The van der Waals surface area contributed by atoms with Crippen molar-refractivity contribution in [1.29, 1.82) is 0 Å². The van der Waals surface area contributed by atoms with Crippen LogP contribution in [0.25, 0.3) is 0 Å². The van der Waals surface area contributed by atoms with Gasteiger partial charge in [0.1, 0.15) is 5.60 Å². The highest BCUT2D eigenvalue weighted by Crippen LogP contribution is 2.43. The van der Waals surface area contributed by atoms with Gasteiger partial charge in [-0.15, -0.1) is 0 Å². The van der Waals surface area contributed by atoms with Crippen molar-refractivity contribution >= 4 is 33.2 Å². The summed E-state index contributed by atoms with van der Waals surface area (Å²) in [5.74, 6) is 1.76. The summed E-state index contributed by atoms with van der Waals surface area (Å²) >= 11 is 9.72. The molecular weight excluding hydrogens is 452 g/mol. The molecule has 2 aliphatic heterocycles. The largest absolute Gasteiger partial charge is 0.490 e. The highest BCUT2D eigenvalue weighted by Gasteiger charge is 2.33. The number of benzene rings is 2. The number of anilines is 1. The van der Waals surface area contributed by atoms with Gasteiger partial charge in [0.2, 0.25) is 0 Å². The fraction of sp³-hybridized carbons (Fsp3) is 0.478. The molecule has 156 valence electrons. The van der Waals surface area contributed by atoms with E-state index < -0.39 is 0 Å². The fourth-order valence-corrected chi connectivity index (χ4v) is 4.79. The van der Waals surface area contributed by atoms with Gasteiger partial charge in [-0.2, -0.15) is 0 Å². The lowest BCUT2D eigenvalue weighted by Gasteiger charge is -2.36. The minimum atomic E-state index is -0.163. The number of piperazine rings is 1. The summed E-state index contributed by atoms with van der Waals surface area (Å²) in [6.07, 6.45) is 1.91. The summed E-state index contributed by atoms with van der Waals surface area (Å²) in [6.45, 7) is 10.2. The summed E-state index contributed by atoms with van der Waals surface area (Å²) in [5.41, 5.74) is 2.27. The van der Waals surface area contributed by atoms with Crippen LogP contribution in [0.15, 0.2) is 40.9 Å². The Kier molecular flexibility index (Phi) is 6.28. The first kappa shape index (κ1) is 20.8. The van der Waals surface area contributed by atoms with E-state index in [1.165, 1.54) is 11.3 Å². The standard InChI is InChI=1S/C23H28BrClN2O2/c1-23(2)16-17-13-18(24)14-21(22(17)29-23)28-12-4-7-26-8-10-27(11-9-26)20-6-3-5-19(25)15-20/h3,5-6,13-15H,4,7-12,16H2,1-2H3. The maximum Gasteiger partial charge on any atom is 0.165 e. The normalized spacial score (nSPS) is 18.4. The van der Waals surface area contributed by atoms with Gasteiger partial charge in [0.25, 0.3) is 0 Å². The Labute approximate surface area is 186 Å². The van der Waals surface area contributed by atoms with Gasteiger partial charge >= 0.3 is 0 Å². The Morgan fingerprint density at radius 2 is 1.93 bits per heavy atom. The molecule has 6 heteroatoms. The predicted molar refractivity (Wildman–Crippen MR) is 123 cm³/mol. The number of ether oxygens (including phenoxy) is 2. The van der Waals surface area contributed by atoms with Crippen LogP contribution < -0.4 is 14.4 Å². The molecule has 1 saturated heterocycles. The Bertz CT molecular complexity index is 866. The lowest BCUT2D eigenvalue weighted by Crippen LogP contribution is -2.46. The summed E-state index contributed by atoms with van der Waals surface area (Å²) < 4.78 is 13.3. The van der Waals surface area contributed by atoms with Gasteiger partial charge in [0.15, 0.2) is 11.5 Å². The van der Waals surface area contributed by atoms with Gasteiger partial charge in [0, 0.05) is 59.9 Å². The minimum absolute atomic E-state index is 0.163. The SMILES string of the molecule is CC1(C)Cc2cc(Br)cc(OCCCN3CCN(c4cccc(Cl)c4)CC3)c2O1. The first-order valence-corrected chi connectivity index (χ1v) is 11.4. The first-order valence-electron chi connectivity index (χ1n) is 10.3. The van der Waals surface area contributed by atoms with Crippen LogP contribution in [-0.2, 0) is 6.42 Å². The van der Waals surface area contributed by atoms with E-state index >= 15 is 0 Å². The third kappa shape index (κ3) is 5.19. The predicted octanol–water partition coefficient (Wildman–Crippen LogP) is 5.41. The molecule has 1 fully saturated rings. The Morgan fingerprint density at radius 3 is 2.69 bits per heavy atom. The summed E-state index contributed by atoms with van der Waals surface area (Å²) in [6, 6.07) is 12.3. The maximum absolute atomic E-state index is 6.13. The summed E-state index contributed by atoms with van der Waals surface area (Å²) in [4.78, 5) is 4.91. The molecule has 2 aliphatic rings. The fourth-order valence-electron chi connectivity index (χ4n) is 4.12.